The smallest absolute Gasteiger partial charge is 0.220 e. The number of nitrogens with two attached hydrogens (primary N) is 1. The molecule has 0 aromatic heterocycles. The van der Waals surface area contributed by atoms with E-state index in [2.05, 4.69) is 50.4 Å². The summed E-state index contributed by atoms with van der Waals surface area (Å²) in [5.74, 6) is 1.17. The molecule has 0 radical (unpaired) electrons. The monoisotopic (exact) mass is 290 g/mol. The van der Waals surface area contributed by atoms with Crippen molar-refractivity contribution in [2.45, 2.75) is 53.0 Å². The van der Waals surface area contributed by atoms with Crippen LogP contribution in [0, 0.1) is 11.8 Å². The summed E-state index contributed by atoms with van der Waals surface area (Å²) in [4.78, 5) is 11.9. The Labute approximate surface area is 129 Å². The largest absolute Gasteiger partial charge is 0.350 e. The molecule has 0 spiro atoms. The number of rotatable bonds is 8. The van der Waals surface area contributed by atoms with Crippen molar-refractivity contribution in [3.63, 3.8) is 0 Å². The lowest BCUT2D eigenvalue weighted by Gasteiger charge is -2.16. The van der Waals surface area contributed by atoms with Gasteiger partial charge in [0.1, 0.15) is 0 Å². The lowest BCUT2D eigenvalue weighted by atomic mass is 9.99. The minimum Gasteiger partial charge on any atom is -0.350 e. The number of carbonyl (C=O) groups is 1. The maximum atomic E-state index is 11.9. The molecule has 0 aliphatic heterocycles. The molecule has 118 valence electrons. The Morgan fingerprint density at radius 3 is 2.29 bits per heavy atom. The van der Waals surface area contributed by atoms with Crippen LogP contribution in [0.1, 0.15) is 57.7 Å². The van der Waals surface area contributed by atoms with E-state index in [1.807, 2.05) is 6.92 Å². The van der Waals surface area contributed by atoms with Crippen LogP contribution < -0.4 is 11.1 Å². The summed E-state index contributed by atoms with van der Waals surface area (Å²) in [6, 6.07) is 8.61. The molecule has 0 heterocycles. The second-order valence-electron chi connectivity index (χ2n) is 6.51. The zero-order valence-electron chi connectivity index (χ0n) is 13.9. The number of nitrogens with one attached hydrogen (secondary N) is 1. The molecule has 3 heteroatoms. The summed E-state index contributed by atoms with van der Waals surface area (Å²) in [6.45, 7) is 9.18. The van der Waals surface area contributed by atoms with Crippen LogP contribution >= 0.6 is 0 Å². The highest BCUT2D eigenvalue weighted by molar-refractivity contribution is 5.76. The highest BCUT2D eigenvalue weighted by Gasteiger charge is 2.11. The Morgan fingerprint density at radius 2 is 1.76 bits per heavy atom. The number of carbonyl (C=O) groups excluding carboxylic acids is 1. The number of hydrogen-bond donors (Lipinski definition) is 2. The van der Waals surface area contributed by atoms with Gasteiger partial charge in [-0.2, -0.15) is 0 Å². The fourth-order valence-corrected chi connectivity index (χ4v) is 2.31. The first-order valence-corrected chi connectivity index (χ1v) is 8.00. The van der Waals surface area contributed by atoms with Crippen molar-refractivity contribution in [3.05, 3.63) is 35.4 Å². The number of benzene rings is 1. The first-order valence-electron chi connectivity index (χ1n) is 8.00. The average Bonchev–Trinajstić information content (AvgIpc) is 2.44. The third-order valence-electron chi connectivity index (χ3n) is 3.77. The Bertz CT molecular complexity index is 425. The minimum atomic E-state index is 0.0544. The third-order valence-corrected chi connectivity index (χ3v) is 3.77. The molecule has 0 saturated carbocycles. The summed E-state index contributed by atoms with van der Waals surface area (Å²) >= 11 is 0. The number of hydrogen-bond acceptors (Lipinski definition) is 2. The van der Waals surface area contributed by atoms with Gasteiger partial charge < -0.3 is 11.1 Å². The molecule has 0 bridgehead atoms. The maximum Gasteiger partial charge on any atom is 0.220 e. The zero-order valence-corrected chi connectivity index (χ0v) is 13.9. The van der Waals surface area contributed by atoms with Gasteiger partial charge in [-0.05, 0) is 49.3 Å². The Morgan fingerprint density at radius 1 is 1.14 bits per heavy atom. The molecule has 2 unspecified atom stereocenters. The predicted molar refractivity (Wildman–Crippen MR) is 89.0 cm³/mol. The summed E-state index contributed by atoms with van der Waals surface area (Å²) in [6.07, 6.45) is 2.49. The van der Waals surface area contributed by atoms with Gasteiger partial charge in [-0.1, -0.05) is 45.0 Å². The second kappa shape index (κ2) is 8.83. The van der Waals surface area contributed by atoms with E-state index in [1.165, 1.54) is 5.56 Å². The van der Waals surface area contributed by atoms with E-state index in [4.69, 9.17) is 5.73 Å². The van der Waals surface area contributed by atoms with Gasteiger partial charge in [0.15, 0.2) is 0 Å². The molecule has 0 aliphatic carbocycles. The molecule has 1 aromatic carbocycles. The predicted octanol–water partition coefficient (Wildman–Crippen LogP) is 3.44. The first kappa shape index (κ1) is 17.7. The highest BCUT2D eigenvalue weighted by atomic mass is 16.1. The molecule has 0 saturated heterocycles. The summed E-state index contributed by atoms with van der Waals surface area (Å²) in [5, 5.41) is 3.06. The van der Waals surface area contributed by atoms with Crippen LogP contribution in [-0.2, 0) is 11.2 Å². The van der Waals surface area contributed by atoms with Crippen LogP contribution in [0.15, 0.2) is 24.3 Å². The third kappa shape index (κ3) is 6.76. The van der Waals surface area contributed by atoms with Crippen molar-refractivity contribution in [2.75, 3.05) is 6.54 Å². The molecule has 2 atom stereocenters. The van der Waals surface area contributed by atoms with Crippen molar-refractivity contribution < 1.29 is 4.79 Å². The van der Waals surface area contributed by atoms with E-state index >= 15 is 0 Å². The summed E-state index contributed by atoms with van der Waals surface area (Å²) in [7, 11) is 0. The lowest BCUT2D eigenvalue weighted by Crippen LogP contribution is -2.27. The van der Waals surface area contributed by atoms with Gasteiger partial charge in [-0.25, -0.2) is 0 Å². The molecule has 1 rings (SSSR count). The molecular formula is C18H30N2O. The molecule has 0 aliphatic rings. The van der Waals surface area contributed by atoms with Gasteiger partial charge in [0.25, 0.3) is 0 Å². The fourth-order valence-electron chi connectivity index (χ4n) is 2.31. The van der Waals surface area contributed by atoms with Crippen molar-refractivity contribution in [2.24, 2.45) is 17.6 Å². The van der Waals surface area contributed by atoms with Gasteiger partial charge in [-0.15, -0.1) is 0 Å². The van der Waals surface area contributed by atoms with Crippen LogP contribution in [0.2, 0.25) is 0 Å². The molecule has 3 nitrogen and oxygen atoms in total. The fraction of sp³-hybridized carbons (Fsp3) is 0.611. The van der Waals surface area contributed by atoms with Gasteiger partial charge in [0.2, 0.25) is 5.91 Å². The molecule has 1 aromatic rings. The van der Waals surface area contributed by atoms with E-state index in [1.54, 1.807) is 0 Å². The highest BCUT2D eigenvalue weighted by Crippen LogP contribution is 2.16. The topological polar surface area (TPSA) is 55.1 Å². The van der Waals surface area contributed by atoms with E-state index in [0.29, 0.717) is 24.8 Å². The molecule has 3 N–H and O–H groups in total. The first-order chi connectivity index (χ1) is 9.92. The average molecular weight is 290 g/mol. The Balaban J connectivity index is 2.47. The zero-order chi connectivity index (χ0) is 15.8. The van der Waals surface area contributed by atoms with Crippen molar-refractivity contribution in [1.82, 2.24) is 5.32 Å². The van der Waals surface area contributed by atoms with Crippen LogP contribution in [0.4, 0.5) is 0 Å². The van der Waals surface area contributed by atoms with E-state index in [0.717, 1.165) is 18.4 Å². The SMILES string of the molecule is CC(C)Cc1ccc(C(C)NC(=O)CCC(C)CN)cc1. The normalized spacial score (nSPS) is 14.0. The number of amides is 1. The second-order valence-corrected chi connectivity index (χ2v) is 6.51. The maximum absolute atomic E-state index is 11.9. The Hall–Kier alpha value is -1.35. The van der Waals surface area contributed by atoms with Crippen molar-refractivity contribution in [1.29, 1.82) is 0 Å². The minimum absolute atomic E-state index is 0.0544. The standard InChI is InChI=1S/C18H30N2O/c1-13(2)11-16-6-8-17(9-7-16)15(4)20-18(21)10-5-14(3)12-19/h6-9,13-15H,5,10-12,19H2,1-4H3,(H,20,21). The van der Waals surface area contributed by atoms with Crippen LogP contribution in [-0.4, -0.2) is 12.5 Å². The van der Waals surface area contributed by atoms with Gasteiger partial charge >= 0.3 is 0 Å². The van der Waals surface area contributed by atoms with Gasteiger partial charge in [0, 0.05) is 6.42 Å². The molecule has 1 amide bonds. The summed E-state index contributed by atoms with van der Waals surface area (Å²) < 4.78 is 0. The van der Waals surface area contributed by atoms with Gasteiger partial charge in [-0.3, -0.25) is 4.79 Å². The summed E-state index contributed by atoms with van der Waals surface area (Å²) in [5.41, 5.74) is 8.07. The van der Waals surface area contributed by atoms with Crippen LogP contribution in [0.3, 0.4) is 0 Å². The lowest BCUT2D eigenvalue weighted by molar-refractivity contribution is -0.122. The van der Waals surface area contributed by atoms with Gasteiger partial charge in [0.05, 0.1) is 6.04 Å². The Kier molecular flexibility index (Phi) is 7.44. The van der Waals surface area contributed by atoms with E-state index in [-0.39, 0.29) is 11.9 Å². The van der Waals surface area contributed by atoms with E-state index < -0.39 is 0 Å². The van der Waals surface area contributed by atoms with Crippen LogP contribution in [0.25, 0.3) is 0 Å². The molecule has 21 heavy (non-hydrogen) atoms. The van der Waals surface area contributed by atoms with Crippen LogP contribution in [0.5, 0.6) is 0 Å². The molecular weight excluding hydrogens is 260 g/mol. The van der Waals surface area contributed by atoms with Crippen molar-refractivity contribution in [3.8, 4) is 0 Å². The molecule has 0 fully saturated rings. The quantitative estimate of drug-likeness (QED) is 0.770. The van der Waals surface area contributed by atoms with Crippen molar-refractivity contribution >= 4 is 5.91 Å². The van der Waals surface area contributed by atoms with E-state index in [9.17, 15) is 4.79 Å².